The number of carbonyl (C=O) groups is 1. The number of hydrogen-bond acceptors (Lipinski definition) is 6. The Morgan fingerprint density at radius 3 is 2.80 bits per heavy atom. The SMILES string of the molecule is CCOC(=O)c1ccc(Nc2nc(C)nc3sc4c(c23)CCC4)cc1. The van der Waals surface area contributed by atoms with Crippen LogP contribution < -0.4 is 5.32 Å². The number of nitrogens with zero attached hydrogens (tertiary/aromatic N) is 2. The summed E-state index contributed by atoms with van der Waals surface area (Å²) in [4.78, 5) is 23.5. The number of anilines is 2. The van der Waals surface area contributed by atoms with E-state index in [0.717, 1.165) is 40.4 Å². The van der Waals surface area contributed by atoms with Gasteiger partial charge in [0, 0.05) is 10.6 Å². The molecule has 0 fully saturated rings. The fourth-order valence-corrected chi connectivity index (χ4v) is 4.54. The van der Waals surface area contributed by atoms with E-state index in [0.29, 0.717) is 12.2 Å². The molecule has 0 bridgehead atoms. The number of esters is 1. The first-order chi connectivity index (χ1) is 12.2. The fourth-order valence-electron chi connectivity index (χ4n) is 3.23. The highest BCUT2D eigenvalue weighted by Crippen LogP contribution is 2.40. The van der Waals surface area contributed by atoms with Gasteiger partial charge in [0.05, 0.1) is 17.6 Å². The molecule has 0 atom stereocenters. The summed E-state index contributed by atoms with van der Waals surface area (Å²) in [7, 11) is 0. The van der Waals surface area contributed by atoms with E-state index in [1.165, 1.54) is 16.9 Å². The van der Waals surface area contributed by atoms with Gasteiger partial charge < -0.3 is 10.1 Å². The molecule has 4 rings (SSSR count). The Balaban J connectivity index is 1.68. The van der Waals surface area contributed by atoms with Crippen molar-refractivity contribution in [3.63, 3.8) is 0 Å². The van der Waals surface area contributed by atoms with Crippen LogP contribution in [0.2, 0.25) is 0 Å². The van der Waals surface area contributed by atoms with Crippen molar-refractivity contribution in [3.8, 4) is 0 Å². The van der Waals surface area contributed by atoms with Gasteiger partial charge in [-0.2, -0.15) is 0 Å². The number of nitrogens with one attached hydrogen (secondary N) is 1. The van der Waals surface area contributed by atoms with Gasteiger partial charge in [-0.15, -0.1) is 11.3 Å². The summed E-state index contributed by atoms with van der Waals surface area (Å²) in [6.07, 6.45) is 3.44. The van der Waals surface area contributed by atoms with Gasteiger partial charge in [0.2, 0.25) is 0 Å². The summed E-state index contributed by atoms with van der Waals surface area (Å²) in [6, 6.07) is 7.29. The Hall–Kier alpha value is -2.47. The number of thiophene rings is 1. The molecule has 128 valence electrons. The maximum atomic E-state index is 11.8. The van der Waals surface area contributed by atoms with Gasteiger partial charge in [-0.3, -0.25) is 0 Å². The summed E-state index contributed by atoms with van der Waals surface area (Å²) >= 11 is 1.78. The minimum Gasteiger partial charge on any atom is -0.462 e. The summed E-state index contributed by atoms with van der Waals surface area (Å²) < 4.78 is 5.02. The highest BCUT2D eigenvalue weighted by Gasteiger charge is 2.22. The molecule has 6 heteroatoms. The second kappa shape index (κ2) is 6.44. The zero-order chi connectivity index (χ0) is 17.4. The van der Waals surface area contributed by atoms with Gasteiger partial charge in [0.15, 0.2) is 0 Å². The van der Waals surface area contributed by atoms with Gasteiger partial charge >= 0.3 is 5.97 Å². The molecule has 3 aromatic rings. The Bertz CT molecular complexity index is 947. The molecule has 1 N–H and O–H groups in total. The van der Waals surface area contributed by atoms with Crippen molar-refractivity contribution >= 4 is 39.0 Å². The summed E-state index contributed by atoms with van der Waals surface area (Å²) in [6.45, 7) is 4.09. The lowest BCUT2D eigenvalue weighted by Gasteiger charge is -2.09. The van der Waals surface area contributed by atoms with Crippen molar-refractivity contribution < 1.29 is 9.53 Å². The van der Waals surface area contributed by atoms with Crippen LogP contribution in [-0.4, -0.2) is 22.5 Å². The summed E-state index contributed by atoms with van der Waals surface area (Å²) in [5.74, 6) is 1.31. The molecule has 1 aliphatic rings. The number of benzene rings is 1. The first-order valence-corrected chi connectivity index (χ1v) is 9.30. The average Bonchev–Trinajstić information content (AvgIpc) is 3.16. The van der Waals surface area contributed by atoms with Crippen LogP contribution in [-0.2, 0) is 17.6 Å². The lowest BCUT2D eigenvalue weighted by molar-refractivity contribution is 0.0526. The Morgan fingerprint density at radius 1 is 1.24 bits per heavy atom. The van der Waals surface area contributed by atoms with Crippen LogP contribution in [0, 0.1) is 6.92 Å². The molecule has 0 unspecified atom stereocenters. The monoisotopic (exact) mass is 353 g/mol. The van der Waals surface area contributed by atoms with Crippen LogP contribution in [0.15, 0.2) is 24.3 Å². The van der Waals surface area contributed by atoms with Crippen LogP contribution in [0.4, 0.5) is 11.5 Å². The topological polar surface area (TPSA) is 64.1 Å². The molecule has 2 aromatic heterocycles. The Kier molecular flexibility index (Phi) is 4.13. The molecule has 0 saturated carbocycles. The first kappa shape index (κ1) is 16.0. The van der Waals surface area contributed by atoms with Crippen molar-refractivity contribution in [2.24, 2.45) is 0 Å². The predicted molar refractivity (Wildman–Crippen MR) is 99.9 cm³/mol. The van der Waals surface area contributed by atoms with Gasteiger partial charge in [-0.25, -0.2) is 14.8 Å². The van der Waals surface area contributed by atoms with E-state index in [-0.39, 0.29) is 5.97 Å². The minimum atomic E-state index is -0.301. The van der Waals surface area contributed by atoms with E-state index in [1.807, 2.05) is 19.1 Å². The van der Waals surface area contributed by atoms with Crippen molar-refractivity contribution in [1.29, 1.82) is 0 Å². The number of rotatable bonds is 4. The standard InChI is InChI=1S/C19H19N3O2S/c1-3-24-19(23)12-7-9-13(10-8-12)22-17-16-14-5-4-6-15(14)25-18(16)21-11(2)20-17/h7-10H,3-6H2,1-2H3,(H,20,21,22). The van der Waals surface area contributed by atoms with Gasteiger partial charge in [-0.05, 0) is 62.9 Å². The maximum Gasteiger partial charge on any atom is 0.338 e. The summed E-state index contributed by atoms with van der Waals surface area (Å²) in [5, 5.41) is 4.56. The van der Waals surface area contributed by atoms with Gasteiger partial charge in [0.25, 0.3) is 0 Å². The molecular formula is C19H19N3O2S. The number of fused-ring (bicyclic) bond motifs is 3. The molecule has 0 spiro atoms. The quantitative estimate of drug-likeness (QED) is 0.704. The molecule has 5 nitrogen and oxygen atoms in total. The summed E-state index contributed by atoms with van der Waals surface area (Å²) in [5.41, 5.74) is 2.84. The third-order valence-electron chi connectivity index (χ3n) is 4.34. The molecule has 0 saturated heterocycles. The number of aromatic nitrogens is 2. The van der Waals surface area contributed by atoms with E-state index in [4.69, 9.17) is 4.74 Å². The van der Waals surface area contributed by atoms with E-state index >= 15 is 0 Å². The Labute approximate surface area is 150 Å². The largest absolute Gasteiger partial charge is 0.462 e. The van der Waals surface area contributed by atoms with E-state index in [9.17, 15) is 4.79 Å². The molecule has 2 heterocycles. The molecule has 0 radical (unpaired) electrons. The van der Waals surface area contributed by atoms with E-state index in [1.54, 1.807) is 30.4 Å². The van der Waals surface area contributed by atoms with Crippen LogP contribution >= 0.6 is 11.3 Å². The second-order valence-corrected chi connectivity index (χ2v) is 7.16. The highest BCUT2D eigenvalue weighted by atomic mass is 32.1. The average molecular weight is 353 g/mol. The number of hydrogen-bond donors (Lipinski definition) is 1. The predicted octanol–water partition coefficient (Wildman–Crippen LogP) is 4.41. The van der Waals surface area contributed by atoms with Crippen LogP contribution in [0.25, 0.3) is 10.2 Å². The van der Waals surface area contributed by atoms with Crippen LogP contribution in [0.1, 0.15) is 40.0 Å². The number of carbonyl (C=O) groups excluding carboxylic acids is 1. The highest BCUT2D eigenvalue weighted by molar-refractivity contribution is 7.19. The lowest BCUT2D eigenvalue weighted by atomic mass is 10.1. The third-order valence-corrected chi connectivity index (χ3v) is 5.52. The molecular weight excluding hydrogens is 334 g/mol. The van der Waals surface area contributed by atoms with Crippen molar-refractivity contribution in [2.75, 3.05) is 11.9 Å². The molecule has 0 amide bonds. The second-order valence-electron chi connectivity index (χ2n) is 6.08. The smallest absolute Gasteiger partial charge is 0.338 e. The van der Waals surface area contributed by atoms with E-state index < -0.39 is 0 Å². The van der Waals surface area contributed by atoms with Crippen LogP contribution in [0.5, 0.6) is 0 Å². The van der Waals surface area contributed by atoms with E-state index in [2.05, 4.69) is 15.3 Å². The number of aryl methyl sites for hydroxylation is 3. The maximum absolute atomic E-state index is 11.8. The van der Waals surface area contributed by atoms with Crippen molar-refractivity contribution in [3.05, 3.63) is 46.1 Å². The zero-order valence-corrected chi connectivity index (χ0v) is 15.1. The first-order valence-electron chi connectivity index (χ1n) is 8.49. The molecule has 1 aliphatic carbocycles. The van der Waals surface area contributed by atoms with Gasteiger partial charge in [-0.1, -0.05) is 0 Å². The van der Waals surface area contributed by atoms with Crippen LogP contribution in [0.3, 0.4) is 0 Å². The van der Waals surface area contributed by atoms with Gasteiger partial charge in [0.1, 0.15) is 16.5 Å². The van der Waals surface area contributed by atoms with Crippen molar-refractivity contribution in [2.45, 2.75) is 33.1 Å². The fraction of sp³-hybridized carbons (Fsp3) is 0.316. The molecule has 0 aliphatic heterocycles. The lowest BCUT2D eigenvalue weighted by Crippen LogP contribution is -2.04. The number of ether oxygens (including phenoxy) is 1. The third kappa shape index (κ3) is 2.98. The zero-order valence-electron chi connectivity index (χ0n) is 14.3. The normalized spacial score (nSPS) is 13.0. The molecule has 1 aromatic carbocycles. The Morgan fingerprint density at radius 2 is 2.04 bits per heavy atom. The van der Waals surface area contributed by atoms with Crippen molar-refractivity contribution in [1.82, 2.24) is 9.97 Å². The minimum absolute atomic E-state index is 0.301. The molecule has 25 heavy (non-hydrogen) atoms.